The standard InChI is InChI=1S/C29H33N3O6/c1-4-5-16-38-22-9-6-8-21(17-22)27(33)25-26(20-10-11-23(36-2)24(18-20)37-3)32(29(35)28(25)34)14-7-13-31-15-12-30-19-31/h6,8-12,15,17-19,26,33H,4-5,7,13-14,16H2,1-3H3/b27-25+. The Morgan fingerprint density at radius 1 is 1.03 bits per heavy atom. The van der Waals surface area contributed by atoms with Crippen molar-refractivity contribution >= 4 is 17.4 Å². The van der Waals surface area contributed by atoms with E-state index >= 15 is 0 Å². The molecule has 2 heterocycles. The van der Waals surface area contributed by atoms with Crippen LogP contribution in [0.25, 0.3) is 5.76 Å². The van der Waals surface area contributed by atoms with Gasteiger partial charge in [0.25, 0.3) is 11.7 Å². The van der Waals surface area contributed by atoms with Crippen LogP contribution in [0.5, 0.6) is 17.2 Å². The molecule has 1 aromatic heterocycles. The first-order valence-corrected chi connectivity index (χ1v) is 12.7. The average molecular weight is 520 g/mol. The summed E-state index contributed by atoms with van der Waals surface area (Å²) in [4.78, 5) is 32.2. The van der Waals surface area contributed by atoms with Crippen LogP contribution in [-0.2, 0) is 16.1 Å². The molecule has 200 valence electrons. The van der Waals surface area contributed by atoms with Crippen LogP contribution in [0.4, 0.5) is 0 Å². The van der Waals surface area contributed by atoms with Gasteiger partial charge >= 0.3 is 0 Å². The first-order valence-electron chi connectivity index (χ1n) is 12.7. The Labute approximate surface area is 222 Å². The first-order chi connectivity index (χ1) is 18.5. The summed E-state index contributed by atoms with van der Waals surface area (Å²) >= 11 is 0. The van der Waals surface area contributed by atoms with E-state index in [-0.39, 0.29) is 11.3 Å². The summed E-state index contributed by atoms with van der Waals surface area (Å²) in [6, 6.07) is 11.4. The number of likely N-dealkylation sites (tertiary alicyclic amines) is 1. The van der Waals surface area contributed by atoms with Gasteiger partial charge < -0.3 is 28.8 Å². The molecule has 1 amide bonds. The van der Waals surface area contributed by atoms with Crippen LogP contribution in [0.3, 0.4) is 0 Å². The number of aromatic nitrogens is 2. The zero-order valence-corrected chi connectivity index (χ0v) is 21.9. The fourth-order valence-electron chi connectivity index (χ4n) is 4.55. The van der Waals surface area contributed by atoms with E-state index in [1.165, 1.54) is 19.1 Å². The van der Waals surface area contributed by atoms with Crippen molar-refractivity contribution in [3.05, 3.63) is 77.9 Å². The van der Waals surface area contributed by atoms with E-state index in [9.17, 15) is 14.7 Å². The summed E-state index contributed by atoms with van der Waals surface area (Å²) in [7, 11) is 3.06. The summed E-state index contributed by atoms with van der Waals surface area (Å²) in [6.07, 6.45) is 7.73. The fourth-order valence-corrected chi connectivity index (χ4v) is 4.55. The molecule has 1 atom stereocenters. The minimum absolute atomic E-state index is 0.0237. The van der Waals surface area contributed by atoms with Crippen molar-refractivity contribution in [2.24, 2.45) is 0 Å². The molecule has 0 radical (unpaired) electrons. The van der Waals surface area contributed by atoms with Crippen molar-refractivity contribution in [3.8, 4) is 17.2 Å². The maximum Gasteiger partial charge on any atom is 0.295 e. The number of unbranched alkanes of at least 4 members (excludes halogenated alkanes) is 1. The third-order valence-electron chi connectivity index (χ3n) is 6.51. The Hall–Kier alpha value is -4.27. The van der Waals surface area contributed by atoms with Gasteiger partial charge in [0, 0.05) is 31.0 Å². The molecule has 4 rings (SSSR count). The molecule has 0 aliphatic carbocycles. The van der Waals surface area contributed by atoms with Gasteiger partial charge in [0.15, 0.2) is 11.5 Å². The second-order valence-electron chi connectivity index (χ2n) is 8.99. The number of carbonyl (C=O) groups excluding carboxylic acids is 2. The Morgan fingerprint density at radius 2 is 1.84 bits per heavy atom. The Kier molecular flexibility index (Phi) is 8.68. The van der Waals surface area contributed by atoms with E-state index in [1.54, 1.807) is 55.0 Å². The number of aliphatic hydroxyl groups is 1. The number of hydrogen-bond donors (Lipinski definition) is 1. The molecule has 38 heavy (non-hydrogen) atoms. The predicted molar refractivity (Wildman–Crippen MR) is 142 cm³/mol. The molecular formula is C29H33N3O6. The molecule has 1 aliphatic heterocycles. The molecule has 1 saturated heterocycles. The predicted octanol–water partition coefficient (Wildman–Crippen LogP) is 4.59. The zero-order valence-electron chi connectivity index (χ0n) is 21.9. The summed E-state index contributed by atoms with van der Waals surface area (Å²) in [6.45, 7) is 3.55. The van der Waals surface area contributed by atoms with Crippen molar-refractivity contribution in [3.63, 3.8) is 0 Å². The average Bonchev–Trinajstić information content (AvgIpc) is 3.55. The maximum atomic E-state index is 13.4. The quantitative estimate of drug-likeness (QED) is 0.162. The van der Waals surface area contributed by atoms with Gasteiger partial charge in [-0.15, -0.1) is 0 Å². The Morgan fingerprint density at radius 3 is 2.55 bits per heavy atom. The second kappa shape index (κ2) is 12.3. The molecule has 1 N–H and O–H groups in total. The number of ketones is 1. The van der Waals surface area contributed by atoms with E-state index in [0.29, 0.717) is 54.5 Å². The second-order valence-corrected chi connectivity index (χ2v) is 8.99. The molecule has 3 aromatic rings. The van der Waals surface area contributed by atoms with Gasteiger partial charge in [0.1, 0.15) is 11.5 Å². The number of imidazole rings is 1. The van der Waals surface area contributed by atoms with Crippen molar-refractivity contribution in [1.82, 2.24) is 14.5 Å². The fraction of sp³-hybridized carbons (Fsp3) is 0.345. The van der Waals surface area contributed by atoms with Crippen molar-refractivity contribution in [2.45, 2.75) is 38.8 Å². The molecule has 2 aromatic carbocycles. The Bertz CT molecular complexity index is 1300. The number of Topliss-reactive ketones (excluding diaryl/α,β-unsaturated/α-hetero) is 1. The van der Waals surface area contributed by atoms with Gasteiger partial charge in [-0.3, -0.25) is 9.59 Å². The number of ether oxygens (including phenoxy) is 3. The molecular weight excluding hydrogens is 486 g/mol. The van der Waals surface area contributed by atoms with Crippen LogP contribution >= 0.6 is 0 Å². The molecule has 0 saturated carbocycles. The summed E-state index contributed by atoms with van der Waals surface area (Å²) in [5, 5.41) is 11.4. The highest BCUT2D eigenvalue weighted by molar-refractivity contribution is 6.46. The lowest BCUT2D eigenvalue weighted by molar-refractivity contribution is -0.139. The maximum absolute atomic E-state index is 13.4. The molecule has 9 heteroatoms. The highest BCUT2D eigenvalue weighted by atomic mass is 16.5. The normalized spacial score (nSPS) is 16.6. The smallest absolute Gasteiger partial charge is 0.295 e. The lowest BCUT2D eigenvalue weighted by Crippen LogP contribution is -2.31. The van der Waals surface area contributed by atoms with Crippen LogP contribution < -0.4 is 14.2 Å². The number of methoxy groups -OCH3 is 2. The van der Waals surface area contributed by atoms with Gasteiger partial charge in [-0.1, -0.05) is 31.5 Å². The molecule has 1 unspecified atom stereocenters. The minimum Gasteiger partial charge on any atom is -0.507 e. The lowest BCUT2D eigenvalue weighted by atomic mass is 9.95. The first kappa shape index (κ1) is 26.8. The molecule has 9 nitrogen and oxygen atoms in total. The van der Waals surface area contributed by atoms with E-state index < -0.39 is 17.7 Å². The number of nitrogens with zero attached hydrogens (tertiary/aromatic N) is 3. The minimum atomic E-state index is -0.803. The van der Waals surface area contributed by atoms with E-state index in [1.807, 2.05) is 10.8 Å². The summed E-state index contributed by atoms with van der Waals surface area (Å²) in [5.41, 5.74) is 1.05. The number of carbonyl (C=O) groups is 2. The zero-order chi connectivity index (χ0) is 27.1. The molecule has 1 aliphatic rings. The van der Waals surface area contributed by atoms with Gasteiger partial charge in [0.05, 0.1) is 38.8 Å². The highest BCUT2D eigenvalue weighted by Crippen LogP contribution is 2.42. The van der Waals surface area contributed by atoms with Crippen LogP contribution in [-0.4, -0.2) is 58.6 Å². The van der Waals surface area contributed by atoms with Gasteiger partial charge in [-0.25, -0.2) is 4.98 Å². The Balaban J connectivity index is 1.74. The molecule has 0 spiro atoms. The summed E-state index contributed by atoms with van der Waals surface area (Å²) < 4.78 is 18.5. The van der Waals surface area contributed by atoms with Crippen molar-refractivity contribution in [1.29, 1.82) is 0 Å². The third-order valence-corrected chi connectivity index (χ3v) is 6.51. The van der Waals surface area contributed by atoms with Crippen molar-refractivity contribution < 1.29 is 28.9 Å². The van der Waals surface area contributed by atoms with E-state index in [2.05, 4.69) is 11.9 Å². The van der Waals surface area contributed by atoms with Crippen LogP contribution in [0, 0.1) is 0 Å². The van der Waals surface area contributed by atoms with E-state index in [0.717, 1.165) is 12.8 Å². The largest absolute Gasteiger partial charge is 0.507 e. The highest BCUT2D eigenvalue weighted by Gasteiger charge is 2.46. The van der Waals surface area contributed by atoms with Gasteiger partial charge in [0.2, 0.25) is 0 Å². The van der Waals surface area contributed by atoms with E-state index in [4.69, 9.17) is 14.2 Å². The number of aryl methyl sites for hydroxylation is 1. The van der Waals surface area contributed by atoms with Gasteiger partial charge in [-0.2, -0.15) is 0 Å². The molecule has 0 bridgehead atoms. The number of hydrogen-bond acceptors (Lipinski definition) is 7. The number of aliphatic hydroxyl groups excluding tert-OH is 1. The van der Waals surface area contributed by atoms with Crippen LogP contribution in [0.15, 0.2) is 66.8 Å². The van der Waals surface area contributed by atoms with Crippen LogP contribution in [0.2, 0.25) is 0 Å². The lowest BCUT2D eigenvalue weighted by Gasteiger charge is -2.26. The number of rotatable bonds is 12. The van der Waals surface area contributed by atoms with Gasteiger partial charge in [-0.05, 0) is 42.7 Å². The SMILES string of the molecule is CCCCOc1cccc(/C(O)=C2\C(=O)C(=O)N(CCCn3ccnc3)C2c2ccc(OC)c(OC)c2)c1. The number of amides is 1. The third kappa shape index (κ3) is 5.66. The van der Waals surface area contributed by atoms with Crippen LogP contribution in [0.1, 0.15) is 43.4 Å². The monoisotopic (exact) mass is 519 g/mol. The molecule has 1 fully saturated rings. The topological polar surface area (TPSA) is 103 Å². The summed E-state index contributed by atoms with van der Waals surface area (Å²) in [5.74, 6) is -0.0824. The number of benzene rings is 2. The van der Waals surface area contributed by atoms with Crippen molar-refractivity contribution in [2.75, 3.05) is 27.4 Å².